The first-order valence-electron chi connectivity index (χ1n) is 9.32. The molecule has 1 aliphatic rings. The van der Waals surface area contributed by atoms with Crippen LogP contribution in [0.2, 0.25) is 0 Å². The van der Waals surface area contributed by atoms with Gasteiger partial charge in [0.05, 0.1) is 19.9 Å². The number of benzene rings is 2. The van der Waals surface area contributed by atoms with Crippen molar-refractivity contribution in [2.24, 2.45) is 0 Å². The minimum atomic E-state index is -0.157. The first-order valence-corrected chi connectivity index (χ1v) is 9.32. The molecule has 1 aromatic heterocycles. The van der Waals surface area contributed by atoms with E-state index < -0.39 is 0 Å². The van der Waals surface area contributed by atoms with Crippen LogP contribution in [0.4, 0.5) is 5.95 Å². The predicted octanol–water partition coefficient (Wildman–Crippen LogP) is 2.94. The number of ether oxygens (including phenoxy) is 2. The Balaban J connectivity index is 1.67. The van der Waals surface area contributed by atoms with Gasteiger partial charge in [0, 0.05) is 35.8 Å². The lowest BCUT2D eigenvalue weighted by molar-refractivity contribution is 0.0719. The van der Waals surface area contributed by atoms with Gasteiger partial charge in [0.2, 0.25) is 5.95 Å². The molecule has 2 N–H and O–H groups in total. The van der Waals surface area contributed by atoms with E-state index in [1.165, 1.54) is 0 Å². The van der Waals surface area contributed by atoms with Gasteiger partial charge in [-0.1, -0.05) is 30.3 Å². The van der Waals surface area contributed by atoms with Crippen molar-refractivity contribution < 1.29 is 14.3 Å². The largest absolute Gasteiger partial charge is 0.497 e. The first kappa shape index (κ1) is 18.7. The number of hydrogen-bond acceptors (Lipinski definition) is 6. The molecule has 148 valence electrons. The number of carbonyl (C=O) groups is 1. The number of nitrogen functional groups attached to an aromatic ring is 1. The fraction of sp³-hybridized carbons (Fsp3) is 0.227. The molecule has 2 aromatic carbocycles. The normalized spacial score (nSPS) is 13.2. The lowest BCUT2D eigenvalue weighted by Crippen LogP contribution is -2.38. The number of amides is 1. The summed E-state index contributed by atoms with van der Waals surface area (Å²) in [6.45, 7) is 0.976. The second-order valence-corrected chi connectivity index (χ2v) is 6.78. The van der Waals surface area contributed by atoms with Gasteiger partial charge < -0.3 is 20.1 Å². The molecule has 29 heavy (non-hydrogen) atoms. The van der Waals surface area contributed by atoms with Gasteiger partial charge in [0.25, 0.3) is 5.91 Å². The van der Waals surface area contributed by atoms with E-state index in [4.69, 9.17) is 15.2 Å². The van der Waals surface area contributed by atoms with Crippen molar-refractivity contribution in [3.8, 4) is 22.8 Å². The SMILES string of the molecule is COc1ccc(CN2CCc3c(nc(N)nc3-c3ccccc3)C2=O)c(OC)c1. The molecule has 3 aromatic rings. The molecule has 0 fully saturated rings. The Morgan fingerprint density at radius 2 is 1.79 bits per heavy atom. The molecule has 0 atom stereocenters. The summed E-state index contributed by atoms with van der Waals surface area (Å²) in [5.41, 5.74) is 9.69. The average molecular weight is 390 g/mol. The number of aromatic nitrogens is 2. The molecule has 0 spiro atoms. The van der Waals surface area contributed by atoms with E-state index in [1.54, 1.807) is 19.1 Å². The molecule has 4 rings (SSSR count). The zero-order chi connectivity index (χ0) is 20.4. The highest BCUT2D eigenvalue weighted by Gasteiger charge is 2.30. The fourth-order valence-electron chi connectivity index (χ4n) is 3.59. The minimum Gasteiger partial charge on any atom is -0.497 e. The summed E-state index contributed by atoms with van der Waals surface area (Å²) in [7, 11) is 3.21. The number of carbonyl (C=O) groups excluding carboxylic acids is 1. The lowest BCUT2D eigenvalue weighted by Gasteiger charge is -2.29. The summed E-state index contributed by atoms with van der Waals surface area (Å²) in [4.78, 5) is 23.6. The summed E-state index contributed by atoms with van der Waals surface area (Å²) in [5.74, 6) is 1.32. The van der Waals surface area contributed by atoms with E-state index in [9.17, 15) is 4.79 Å². The number of nitrogens with two attached hydrogens (primary N) is 1. The highest BCUT2D eigenvalue weighted by Crippen LogP contribution is 2.31. The van der Waals surface area contributed by atoms with E-state index in [1.807, 2.05) is 48.5 Å². The van der Waals surface area contributed by atoms with Gasteiger partial charge in [-0.05, 0) is 18.6 Å². The van der Waals surface area contributed by atoms with Crippen molar-refractivity contribution >= 4 is 11.9 Å². The summed E-state index contributed by atoms with van der Waals surface area (Å²) < 4.78 is 10.7. The van der Waals surface area contributed by atoms with Crippen LogP contribution < -0.4 is 15.2 Å². The molecular formula is C22H22N4O3. The van der Waals surface area contributed by atoms with Crippen molar-refractivity contribution in [2.75, 3.05) is 26.5 Å². The van der Waals surface area contributed by atoms with Crippen molar-refractivity contribution in [1.82, 2.24) is 14.9 Å². The average Bonchev–Trinajstić information content (AvgIpc) is 2.76. The van der Waals surface area contributed by atoms with E-state index in [0.29, 0.717) is 36.7 Å². The summed E-state index contributed by atoms with van der Waals surface area (Å²) in [6.07, 6.45) is 0.657. The Hall–Kier alpha value is -3.61. The van der Waals surface area contributed by atoms with Crippen molar-refractivity contribution in [3.63, 3.8) is 0 Å². The zero-order valence-electron chi connectivity index (χ0n) is 16.4. The van der Waals surface area contributed by atoms with Crippen LogP contribution in [0.25, 0.3) is 11.3 Å². The smallest absolute Gasteiger partial charge is 0.273 e. The molecule has 0 saturated carbocycles. The second-order valence-electron chi connectivity index (χ2n) is 6.78. The molecular weight excluding hydrogens is 368 g/mol. The Kier molecular flexibility index (Phi) is 5.03. The molecule has 7 heteroatoms. The van der Waals surface area contributed by atoms with Gasteiger partial charge in [0.15, 0.2) is 0 Å². The summed E-state index contributed by atoms with van der Waals surface area (Å²) in [6, 6.07) is 15.3. The number of fused-ring (bicyclic) bond motifs is 1. The topological polar surface area (TPSA) is 90.6 Å². The minimum absolute atomic E-state index is 0.0971. The van der Waals surface area contributed by atoms with Gasteiger partial charge in [-0.3, -0.25) is 4.79 Å². The molecule has 0 unspecified atom stereocenters. The van der Waals surface area contributed by atoms with Crippen LogP contribution in [0.1, 0.15) is 21.6 Å². The maximum atomic E-state index is 13.2. The van der Waals surface area contributed by atoms with Gasteiger partial charge in [-0.25, -0.2) is 9.97 Å². The van der Waals surface area contributed by atoms with Crippen molar-refractivity contribution in [1.29, 1.82) is 0 Å². The third-order valence-corrected chi connectivity index (χ3v) is 5.05. The van der Waals surface area contributed by atoms with Gasteiger partial charge in [-0.2, -0.15) is 0 Å². The van der Waals surface area contributed by atoms with Gasteiger partial charge in [0.1, 0.15) is 17.2 Å². The van der Waals surface area contributed by atoms with Gasteiger partial charge >= 0.3 is 0 Å². The van der Waals surface area contributed by atoms with Crippen LogP contribution in [0.5, 0.6) is 11.5 Å². The van der Waals surface area contributed by atoms with Crippen molar-refractivity contribution in [3.05, 3.63) is 65.4 Å². The first-order chi connectivity index (χ1) is 14.1. The summed E-state index contributed by atoms with van der Waals surface area (Å²) >= 11 is 0. The van der Waals surface area contributed by atoms with Gasteiger partial charge in [-0.15, -0.1) is 0 Å². The lowest BCUT2D eigenvalue weighted by atomic mass is 9.97. The number of hydrogen-bond donors (Lipinski definition) is 1. The predicted molar refractivity (Wildman–Crippen MR) is 110 cm³/mol. The third-order valence-electron chi connectivity index (χ3n) is 5.05. The monoisotopic (exact) mass is 390 g/mol. The molecule has 0 bridgehead atoms. The molecule has 0 saturated heterocycles. The van der Waals surface area contributed by atoms with Crippen LogP contribution >= 0.6 is 0 Å². The fourth-order valence-corrected chi connectivity index (χ4v) is 3.59. The number of rotatable bonds is 5. The molecule has 1 amide bonds. The highest BCUT2D eigenvalue weighted by atomic mass is 16.5. The molecule has 2 heterocycles. The zero-order valence-corrected chi connectivity index (χ0v) is 16.4. The van der Waals surface area contributed by atoms with Crippen LogP contribution in [-0.2, 0) is 13.0 Å². The number of anilines is 1. The van der Waals surface area contributed by atoms with Crippen molar-refractivity contribution in [2.45, 2.75) is 13.0 Å². The Bertz CT molecular complexity index is 1050. The molecule has 0 aliphatic carbocycles. The van der Waals surface area contributed by atoms with E-state index in [2.05, 4.69) is 9.97 Å². The van der Waals surface area contributed by atoms with Crippen LogP contribution in [0.3, 0.4) is 0 Å². The highest BCUT2D eigenvalue weighted by molar-refractivity contribution is 5.96. The maximum Gasteiger partial charge on any atom is 0.273 e. The molecule has 0 radical (unpaired) electrons. The Morgan fingerprint density at radius 3 is 2.52 bits per heavy atom. The Labute approximate surface area is 169 Å². The number of nitrogens with zero attached hydrogens (tertiary/aromatic N) is 3. The Morgan fingerprint density at radius 1 is 1.03 bits per heavy atom. The summed E-state index contributed by atoms with van der Waals surface area (Å²) in [5, 5.41) is 0. The van der Waals surface area contributed by atoms with Crippen LogP contribution in [0.15, 0.2) is 48.5 Å². The van der Waals surface area contributed by atoms with E-state index >= 15 is 0 Å². The third kappa shape index (κ3) is 3.59. The second kappa shape index (κ2) is 7.79. The maximum absolute atomic E-state index is 13.2. The number of methoxy groups -OCH3 is 2. The standard InChI is InChI=1S/C22H22N4O3/c1-28-16-9-8-15(18(12-16)29-2)13-26-11-10-17-19(14-6-4-3-5-7-14)24-22(23)25-20(17)21(26)27/h3-9,12H,10-11,13H2,1-2H3,(H2,23,24,25). The van der Waals surface area contributed by atoms with Crippen LogP contribution in [-0.4, -0.2) is 41.5 Å². The van der Waals surface area contributed by atoms with E-state index in [-0.39, 0.29) is 11.9 Å². The quantitative estimate of drug-likeness (QED) is 0.720. The van der Waals surface area contributed by atoms with Crippen LogP contribution in [0, 0.1) is 0 Å². The molecule has 7 nitrogen and oxygen atoms in total. The van der Waals surface area contributed by atoms with E-state index in [0.717, 1.165) is 22.4 Å². The molecule has 1 aliphatic heterocycles.